The van der Waals surface area contributed by atoms with Gasteiger partial charge >= 0.3 is 18.1 Å². The van der Waals surface area contributed by atoms with Crippen LogP contribution in [-0.4, -0.2) is 120 Å². The summed E-state index contributed by atoms with van der Waals surface area (Å²) in [6.07, 6.45) is 7.87. The second-order valence-corrected chi connectivity index (χ2v) is 15.2. The molecular weight excluding hydrogens is 731 g/mol. The van der Waals surface area contributed by atoms with Crippen molar-refractivity contribution in [2.24, 2.45) is 0 Å². The van der Waals surface area contributed by atoms with E-state index in [4.69, 9.17) is 35.3 Å². The number of pyridine rings is 1. The molecule has 4 fully saturated rings. The van der Waals surface area contributed by atoms with Gasteiger partial charge in [-0.25, -0.2) is 22.9 Å². The molecule has 0 spiro atoms. The molecule has 9 rings (SSSR count). The number of benzene rings is 2. The Kier molecular flexibility index (Phi) is 9.04. The van der Waals surface area contributed by atoms with Gasteiger partial charge in [-0.1, -0.05) is 12.0 Å². The first-order valence-corrected chi connectivity index (χ1v) is 19.0. The van der Waals surface area contributed by atoms with Gasteiger partial charge in [0.05, 0.1) is 23.8 Å². The normalized spacial score (nSPS) is 25.0. The number of piperazine rings is 1. The van der Waals surface area contributed by atoms with Crippen LogP contribution in [0.5, 0.6) is 17.6 Å². The van der Waals surface area contributed by atoms with Crippen LogP contribution in [0.2, 0.25) is 0 Å². The summed E-state index contributed by atoms with van der Waals surface area (Å²) in [4.78, 5) is 44.7. The van der Waals surface area contributed by atoms with E-state index in [0.29, 0.717) is 30.7 Å². The molecule has 7 heterocycles. The number of likely N-dealkylation sites (N-methyl/N-ethyl adjacent to an activating group) is 1. The van der Waals surface area contributed by atoms with Gasteiger partial charge in [0.1, 0.15) is 59.9 Å². The lowest BCUT2D eigenvalue weighted by atomic mass is 9.95. The highest BCUT2D eigenvalue weighted by molar-refractivity contribution is 6.04. The third kappa shape index (κ3) is 6.08. The van der Waals surface area contributed by atoms with Gasteiger partial charge in [0, 0.05) is 49.6 Å². The molecule has 0 saturated carbocycles. The number of nitrogens with one attached hydrogen (secondary N) is 1. The number of terminal acetylenes is 1. The van der Waals surface area contributed by atoms with Crippen molar-refractivity contribution in [3.8, 4) is 41.2 Å². The first-order valence-electron chi connectivity index (χ1n) is 19.0. The Morgan fingerprint density at radius 1 is 1.16 bits per heavy atom. The lowest BCUT2D eigenvalue weighted by molar-refractivity contribution is -0.143. The van der Waals surface area contributed by atoms with Gasteiger partial charge in [-0.3, -0.25) is 14.6 Å². The quantitative estimate of drug-likeness (QED) is 0.196. The minimum atomic E-state index is -0.968. The number of ether oxygens (including phenoxy) is 4. The maximum atomic E-state index is 17.5. The molecule has 2 aromatic carbocycles. The standard InChI is InChI=1S/C40H40F3N7O6/c1-4-25-27(42)9-7-21-13-24(56-39(52)48(3)18-30(51)53-5-2)14-26(31(21)25)34-33(43)35-32-36(50-17-23-8-10-28(44-23)29(50)19-54-37(32)45-34)47-38(46-35)55-20-40-11-6-12-49(40)16-22(41)15-40/h1,7,9,13-14,22-23,28-29,44H,5-6,8,10-12,15-20H2,2-3H3/t22-,23-,28+,29-,40+/m1/s1. The number of aromatic nitrogens is 3. The van der Waals surface area contributed by atoms with E-state index in [1.165, 1.54) is 31.3 Å². The summed E-state index contributed by atoms with van der Waals surface area (Å²) in [5, 5.41) is 4.38. The molecule has 5 aliphatic heterocycles. The molecule has 2 bridgehead atoms. The molecule has 5 atom stereocenters. The second kappa shape index (κ2) is 14.0. The highest BCUT2D eigenvalue weighted by atomic mass is 19.1. The number of hydrogen-bond acceptors (Lipinski definition) is 12. The molecule has 0 aliphatic carbocycles. The maximum absolute atomic E-state index is 17.5. The molecule has 292 valence electrons. The first kappa shape index (κ1) is 36.3. The topological polar surface area (TPSA) is 131 Å². The molecule has 13 nitrogen and oxygen atoms in total. The van der Waals surface area contributed by atoms with Gasteiger partial charge in [0.15, 0.2) is 5.82 Å². The number of carbonyl (C=O) groups excluding carboxylic acids is 2. The lowest BCUT2D eigenvalue weighted by Crippen LogP contribution is -2.60. The third-order valence-electron chi connectivity index (χ3n) is 11.8. The first-order chi connectivity index (χ1) is 27.1. The van der Waals surface area contributed by atoms with E-state index < -0.39 is 35.4 Å². The Hall–Kier alpha value is -5.40. The van der Waals surface area contributed by atoms with Gasteiger partial charge in [0.25, 0.3) is 0 Å². The van der Waals surface area contributed by atoms with Crippen LogP contribution >= 0.6 is 0 Å². The highest BCUT2D eigenvalue weighted by Crippen LogP contribution is 2.46. The summed E-state index contributed by atoms with van der Waals surface area (Å²) in [6, 6.07) is 5.45. The lowest BCUT2D eigenvalue weighted by Gasteiger charge is -2.40. The van der Waals surface area contributed by atoms with Crippen molar-refractivity contribution in [3.05, 3.63) is 41.5 Å². The molecule has 1 N–H and O–H groups in total. The molecular formula is C40H40F3N7O6. The molecule has 4 aromatic rings. The fourth-order valence-corrected chi connectivity index (χ4v) is 9.25. The predicted octanol–water partition coefficient (Wildman–Crippen LogP) is 4.76. The number of esters is 1. The van der Waals surface area contributed by atoms with Gasteiger partial charge in [-0.2, -0.15) is 9.97 Å². The Labute approximate surface area is 320 Å². The van der Waals surface area contributed by atoms with E-state index in [0.717, 1.165) is 37.1 Å². The maximum Gasteiger partial charge on any atom is 0.415 e. The molecule has 0 unspecified atom stereocenters. The minimum Gasteiger partial charge on any atom is -0.475 e. The predicted molar refractivity (Wildman–Crippen MR) is 199 cm³/mol. The van der Waals surface area contributed by atoms with Crippen molar-refractivity contribution < 1.29 is 41.7 Å². The van der Waals surface area contributed by atoms with E-state index in [2.05, 4.69) is 26.0 Å². The summed E-state index contributed by atoms with van der Waals surface area (Å²) in [6.45, 7) is 3.44. The molecule has 2 aromatic heterocycles. The molecule has 16 heteroatoms. The number of hydrogen-bond donors (Lipinski definition) is 1. The zero-order chi connectivity index (χ0) is 38.9. The van der Waals surface area contributed by atoms with Gasteiger partial charge < -0.3 is 29.2 Å². The number of fused-ring (bicyclic) bond motifs is 7. The zero-order valence-corrected chi connectivity index (χ0v) is 30.9. The molecule has 1 amide bonds. The van der Waals surface area contributed by atoms with Crippen LogP contribution in [0, 0.1) is 24.0 Å². The van der Waals surface area contributed by atoms with Crippen molar-refractivity contribution in [3.63, 3.8) is 0 Å². The Morgan fingerprint density at radius 3 is 2.84 bits per heavy atom. The molecule has 4 saturated heterocycles. The Morgan fingerprint density at radius 2 is 2.02 bits per heavy atom. The van der Waals surface area contributed by atoms with E-state index >= 15 is 8.78 Å². The Balaban J connectivity index is 1.19. The van der Waals surface area contributed by atoms with E-state index in [9.17, 15) is 14.0 Å². The van der Waals surface area contributed by atoms with Crippen LogP contribution in [0.15, 0.2) is 24.3 Å². The fourth-order valence-electron chi connectivity index (χ4n) is 9.25. The molecule has 0 radical (unpaired) electrons. The van der Waals surface area contributed by atoms with Crippen LogP contribution in [0.1, 0.15) is 44.6 Å². The van der Waals surface area contributed by atoms with Crippen molar-refractivity contribution in [1.29, 1.82) is 0 Å². The molecule has 5 aliphatic rings. The number of halogens is 3. The summed E-state index contributed by atoms with van der Waals surface area (Å²) in [5.74, 6) is 0.566. The average molecular weight is 772 g/mol. The summed E-state index contributed by atoms with van der Waals surface area (Å²) >= 11 is 0. The number of rotatable bonds is 8. The van der Waals surface area contributed by atoms with E-state index in [1.54, 1.807) is 6.92 Å². The van der Waals surface area contributed by atoms with Gasteiger partial charge in [0.2, 0.25) is 5.88 Å². The van der Waals surface area contributed by atoms with Crippen LogP contribution in [0.3, 0.4) is 0 Å². The highest BCUT2D eigenvalue weighted by Gasteiger charge is 2.50. The molecule has 56 heavy (non-hydrogen) atoms. The average Bonchev–Trinajstić information content (AvgIpc) is 3.81. The van der Waals surface area contributed by atoms with Crippen molar-refractivity contribution in [1.82, 2.24) is 30.1 Å². The summed E-state index contributed by atoms with van der Waals surface area (Å²) in [5.41, 5.74) is -1.08. The van der Waals surface area contributed by atoms with Crippen LogP contribution < -0.4 is 24.4 Å². The van der Waals surface area contributed by atoms with E-state index in [-0.39, 0.29) is 95.2 Å². The van der Waals surface area contributed by atoms with Gasteiger partial charge in [-0.05, 0) is 62.7 Å². The van der Waals surface area contributed by atoms with Crippen LogP contribution in [0.25, 0.3) is 32.9 Å². The van der Waals surface area contributed by atoms with E-state index in [1.807, 2.05) is 0 Å². The fraction of sp³-hybridized carbons (Fsp3) is 0.475. The number of amides is 1. The SMILES string of the molecule is C#Cc1c(F)ccc2cc(OC(=O)N(C)CC(=O)OCC)cc(-c3nc4c5c(nc(OC[C@@]67CCCN6C[C@H](F)C7)nc5c3F)N3C[C@H]5CC[C@H](N5)[C@H]3CO4)c12. The second-order valence-electron chi connectivity index (χ2n) is 15.2. The van der Waals surface area contributed by atoms with Crippen molar-refractivity contribution >= 4 is 39.6 Å². The number of nitrogens with zero attached hydrogens (tertiary/aromatic N) is 6. The third-order valence-corrected chi connectivity index (χ3v) is 11.8. The minimum absolute atomic E-state index is 0.01000. The van der Waals surface area contributed by atoms with Crippen LogP contribution in [0.4, 0.5) is 23.8 Å². The monoisotopic (exact) mass is 771 g/mol. The smallest absolute Gasteiger partial charge is 0.415 e. The van der Waals surface area contributed by atoms with Gasteiger partial charge in [-0.15, -0.1) is 6.42 Å². The van der Waals surface area contributed by atoms with Crippen LogP contribution in [-0.2, 0) is 9.53 Å². The zero-order valence-electron chi connectivity index (χ0n) is 30.9. The Bertz CT molecular complexity index is 2320. The van der Waals surface area contributed by atoms with Crippen molar-refractivity contribution in [2.75, 3.05) is 57.9 Å². The number of alkyl halides is 1. The summed E-state index contributed by atoms with van der Waals surface area (Å²) < 4.78 is 70.9. The largest absolute Gasteiger partial charge is 0.475 e. The number of anilines is 1. The van der Waals surface area contributed by atoms with Crippen molar-refractivity contribution in [2.45, 2.75) is 68.9 Å². The number of carbonyl (C=O) groups is 2. The summed E-state index contributed by atoms with van der Waals surface area (Å²) in [7, 11) is 1.36.